The molecule has 0 radical (unpaired) electrons. The van der Waals surface area contributed by atoms with Crippen LogP contribution in [0.2, 0.25) is 0 Å². The highest BCUT2D eigenvalue weighted by Crippen LogP contribution is 2.27. The monoisotopic (exact) mass is 323 g/mol. The number of nitrogens with one attached hydrogen (secondary N) is 1. The highest BCUT2D eigenvalue weighted by atomic mass is 16.2. The average Bonchev–Trinajstić information content (AvgIpc) is 2.55. The van der Waals surface area contributed by atoms with E-state index >= 15 is 0 Å². The predicted molar refractivity (Wildman–Crippen MR) is 101 cm³/mol. The summed E-state index contributed by atoms with van der Waals surface area (Å²) in [5, 5.41) is 3.31. The molecule has 1 amide bonds. The number of hydrogen-bond donors (Lipinski definition) is 1. The number of hydrogen-bond acceptors (Lipinski definition) is 1. The fraction of sp³-hybridized carbons (Fsp3) is 0.409. The maximum atomic E-state index is 13.0. The van der Waals surface area contributed by atoms with Crippen LogP contribution in [-0.4, -0.2) is 5.91 Å². The van der Waals surface area contributed by atoms with Crippen molar-refractivity contribution in [3.63, 3.8) is 0 Å². The van der Waals surface area contributed by atoms with E-state index in [1.165, 1.54) is 5.56 Å². The highest BCUT2D eigenvalue weighted by molar-refractivity contribution is 5.84. The molecule has 0 saturated heterocycles. The molecule has 1 N–H and O–H groups in total. The number of benzene rings is 2. The van der Waals surface area contributed by atoms with Crippen molar-refractivity contribution in [3.05, 3.63) is 71.8 Å². The van der Waals surface area contributed by atoms with Crippen molar-refractivity contribution in [2.75, 3.05) is 0 Å². The van der Waals surface area contributed by atoms with Crippen LogP contribution in [0.5, 0.6) is 0 Å². The minimum Gasteiger partial charge on any atom is -0.349 e. The van der Waals surface area contributed by atoms with E-state index in [-0.39, 0.29) is 23.8 Å². The van der Waals surface area contributed by atoms with Crippen molar-refractivity contribution in [3.8, 4) is 0 Å². The van der Waals surface area contributed by atoms with Crippen molar-refractivity contribution in [2.24, 2.45) is 11.8 Å². The van der Waals surface area contributed by atoms with E-state index in [2.05, 4.69) is 45.1 Å². The first-order valence-electron chi connectivity index (χ1n) is 8.89. The number of amides is 1. The Balaban J connectivity index is 2.22. The topological polar surface area (TPSA) is 29.1 Å². The minimum atomic E-state index is -0.121. The van der Waals surface area contributed by atoms with Crippen LogP contribution < -0.4 is 5.32 Å². The fourth-order valence-electron chi connectivity index (χ4n) is 3.20. The second-order valence-electron chi connectivity index (χ2n) is 7.23. The van der Waals surface area contributed by atoms with Gasteiger partial charge in [0.15, 0.2) is 0 Å². The quantitative estimate of drug-likeness (QED) is 0.733. The molecule has 0 saturated carbocycles. The third kappa shape index (κ3) is 4.95. The van der Waals surface area contributed by atoms with Crippen LogP contribution in [0.1, 0.15) is 57.2 Å². The minimum absolute atomic E-state index is 0.0589. The third-order valence-electron chi connectivity index (χ3n) is 4.33. The predicted octanol–water partition coefficient (Wildman–Crippen LogP) is 5.33. The molecule has 2 atom stereocenters. The Bertz CT molecular complexity index is 619. The normalized spacial score (nSPS) is 13.8. The van der Waals surface area contributed by atoms with Crippen molar-refractivity contribution < 1.29 is 4.79 Å². The molecule has 0 heterocycles. The zero-order valence-corrected chi connectivity index (χ0v) is 15.2. The Morgan fingerprint density at radius 2 is 1.33 bits per heavy atom. The van der Waals surface area contributed by atoms with Crippen LogP contribution in [-0.2, 0) is 4.79 Å². The molecule has 0 aliphatic heterocycles. The van der Waals surface area contributed by atoms with Gasteiger partial charge in [-0.1, -0.05) is 88.4 Å². The van der Waals surface area contributed by atoms with Crippen LogP contribution in [0.15, 0.2) is 60.7 Å². The molecule has 2 aromatic carbocycles. The SMILES string of the molecule is CC(C)C[C@@H](NC(=O)[C@H](c1ccccc1)C(C)C)c1ccccc1. The summed E-state index contributed by atoms with van der Waals surface area (Å²) in [4.78, 5) is 13.0. The smallest absolute Gasteiger partial charge is 0.228 e. The van der Waals surface area contributed by atoms with Crippen molar-refractivity contribution in [2.45, 2.75) is 46.1 Å². The molecule has 0 aliphatic carbocycles. The molecule has 2 nitrogen and oxygen atoms in total. The molecule has 24 heavy (non-hydrogen) atoms. The lowest BCUT2D eigenvalue weighted by molar-refractivity contribution is -0.124. The molecular formula is C22H29NO. The van der Waals surface area contributed by atoms with Gasteiger partial charge in [0.25, 0.3) is 0 Å². The molecule has 0 fully saturated rings. The average molecular weight is 323 g/mol. The molecule has 2 aromatic rings. The van der Waals surface area contributed by atoms with Gasteiger partial charge in [0.1, 0.15) is 0 Å². The Labute approximate surface area is 146 Å². The van der Waals surface area contributed by atoms with Crippen LogP contribution >= 0.6 is 0 Å². The Morgan fingerprint density at radius 1 is 0.833 bits per heavy atom. The maximum absolute atomic E-state index is 13.0. The summed E-state index contributed by atoms with van der Waals surface area (Å²) >= 11 is 0. The van der Waals surface area contributed by atoms with Gasteiger partial charge in [-0.15, -0.1) is 0 Å². The van der Waals surface area contributed by atoms with E-state index in [0.29, 0.717) is 5.92 Å². The molecule has 128 valence electrons. The van der Waals surface area contributed by atoms with Gasteiger partial charge in [-0.25, -0.2) is 0 Å². The summed E-state index contributed by atoms with van der Waals surface area (Å²) < 4.78 is 0. The van der Waals surface area contributed by atoms with Crippen LogP contribution in [0, 0.1) is 11.8 Å². The molecule has 0 aromatic heterocycles. The molecule has 2 heteroatoms. The van der Waals surface area contributed by atoms with Gasteiger partial charge >= 0.3 is 0 Å². The zero-order chi connectivity index (χ0) is 17.5. The van der Waals surface area contributed by atoms with E-state index < -0.39 is 0 Å². The lowest BCUT2D eigenvalue weighted by atomic mass is 9.87. The zero-order valence-electron chi connectivity index (χ0n) is 15.2. The summed E-state index contributed by atoms with van der Waals surface area (Å²) in [6, 6.07) is 20.4. The van der Waals surface area contributed by atoms with Crippen molar-refractivity contribution in [1.82, 2.24) is 5.32 Å². The van der Waals surface area contributed by atoms with Gasteiger partial charge < -0.3 is 5.32 Å². The van der Waals surface area contributed by atoms with Gasteiger partial charge in [0, 0.05) is 0 Å². The summed E-state index contributed by atoms with van der Waals surface area (Å²) in [7, 11) is 0. The summed E-state index contributed by atoms with van der Waals surface area (Å²) in [6.45, 7) is 8.60. The van der Waals surface area contributed by atoms with Gasteiger partial charge in [0.2, 0.25) is 5.91 Å². The number of rotatable bonds is 7. The Morgan fingerprint density at radius 3 is 1.79 bits per heavy atom. The first-order chi connectivity index (χ1) is 11.5. The van der Waals surface area contributed by atoms with E-state index in [9.17, 15) is 4.79 Å². The van der Waals surface area contributed by atoms with Gasteiger partial charge in [-0.3, -0.25) is 4.79 Å². The lowest BCUT2D eigenvalue weighted by Gasteiger charge is -2.26. The fourth-order valence-corrected chi connectivity index (χ4v) is 3.20. The van der Waals surface area contributed by atoms with Crippen LogP contribution in [0.3, 0.4) is 0 Å². The summed E-state index contributed by atoms with van der Waals surface area (Å²) in [6.07, 6.45) is 0.940. The second kappa shape index (κ2) is 8.68. The first-order valence-corrected chi connectivity index (χ1v) is 8.89. The standard InChI is InChI=1S/C22H29NO/c1-16(2)15-20(18-11-7-5-8-12-18)23-22(24)21(17(3)4)19-13-9-6-10-14-19/h5-14,16-17,20-21H,15H2,1-4H3,(H,23,24)/t20-,21+/m1/s1. The molecule has 0 unspecified atom stereocenters. The summed E-state index contributed by atoms with van der Waals surface area (Å²) in [5.74, 6) is 0.767. The number of carbonyl (C=O) groups excluding carboxylic acids is 1. The summed E-state index contributed by atoms with van der Waals surface area (Å²) in [5.41, 5.74) is 2.26. The van der Waals surface area contributed by atoms with E-state index in [0.717, 1.165) is 12.0 Å². The lowest BCUT2D eigenvalue weighted by Crippen LogP contribution is -2.35. The molecule has 0 spiro atoms. The van der Waals surface area contributed by atoms with Gasteiger partial charge in [0.05, 0.1) is 12.0 Å². The van der Waals surface area contributed by atoms with Crippen molar-refractivity contribution >= 4 is 5.91 Å². The third-order valence-corrected chi connectivity index (χ3v) is 4.33. The van der Waals surface area contributed by atoms with Gasteiger partial charge in [-0.05, 0) is 29.4 Å². The maximum Gasteiger partial charge on any atom is 0.228 e. The van der Waals surface area contributed by atoms with Crippen LogP contribution in [0.4, 0.5) is 0 Å². The van der Waals surface area contributed by atoms with E-state index in [4.69, 9.17) is 0 Å². The second-order valence-corrected chi connectivity index (χ2v) is 7.23. The Hall–Kier alpha value is -2.09. The van der Waals surface area contributed by atoms with E-state index in [1.807, 2.05) is 48.5 Å². The van der Waals surface area contributed by atoms with Crippen LogP contribution in [0.25, 0.3) is 0 Å². The van der Waals surface area contributed by atoms with E-state index in [1.54, 1.807) is 0 Å². The highest BCUT2D eigenvalue weighted by Gasteiger charge is 2.26. The molecular weight excluding hydrogens is 294 g/mol. The largest absolute Gasteiger partial charge is 0.349 e. The van der Waals surface area contributed by atoms with Crippen molar-refractivity contribution in [1.29, 1.82) is 0 Å². The number of carbonyl (C=O) groups is 1. The molecule has 2 rings (SSSR count). The Kier molecular flexibility index (Phi) is 6.60. The first kappa shape index (κ1) is 18.3. The van der Waals surface area contributed by atoms with Gasteiger partial charge in [-0.2, -0.15) is 0 Å². The molecule has 0 aliphatic rings. The molecule has 0 bridgehead atoms.